The van der Waals surface area contributed by atoms with Crippen LogP contribution in [0.5, 0.6) is 11.5 Å². The zero-order valence-electron chi connectivity index (χ0n) is 16.1. The molecule has 0 bridgehead atoms. The Morgan fingerprint density at radius 3 is 2.82 bits per heavy atom. The summed E-state index contributed by atoms with van der Waals surface area (Å²) in [6.45, 7) is 1.81. The van der Waals surface area contributed by atoms with Gasteiger partial charge in [0, 0.05) is 24.9 Å². The van der Waals surface area contributed by atoms with Gasteiger partial charge in [0.2, 0.25) is 5.91 Å². The standard InChI is InChI=1S/C22H25N3O3/c1-27-17-5-4-6-18(15-17)28-14-13-25-20-8-3-2-7-19(20)24-21(25)11-12-23-22(26)16-9-10-16/h2-8,15-16H,9-14H2,1H3,(H,23,26). The van der Waals surface area contributed by atoms with E-state index in [9.17, 15) is 4.79 Å². The molecule has 2 aromatic carbocycles. The molecule has 146 valence electrons. The van der Waals surface area contributed by atoms with Gasteiger partial charge < -0.3 is 19.4 Å². The maximum atomic E-state index is 11.9. The first-order valence-corrected chi connectivity index (χ1v) is 9.73. The second kappa shape index (κ2) is 8.33. The predicted octanol–water partition coefficient (Wildman–Crippen LogP) is 3.19. The van der Waals surface area contributed by atoms with E-state index >= 15 is 0 Å². The highest BCUT2D eigenvalue weighted by molar-refractivity contribution is 5.80. The third-order valence-corrected chi connectivity index (χ3v) is 4.95. The number of rotatable bonds is 9. The molecule has 1 amide bonds. The van der Waals surface area contributed by atoms with Crippen LogP contribution in [0.15, 0.2) is 48.5 Å². The quantitative estimate of drug-likeness (QED) is 0.620. The zero-order valence-corrected chi connectivity index (χ0v) is 16.1. The fourth-order valence-corrected chi connectivity index (χ4v) is 3.30. The minimum atomic E-state index is 0.170. The lowest BCUT2D eigenvalue weighted by atomic mass is 10.3. The van der Waals surface area contributed by atoms with Crippen LogP contribution in [0.25, 0.3) is 11.0 Å². The molecule has 0 unspecified atom stereocenters. The van der Waals surface area contributed by atoms with Crippen molar-refractivity contribution in [1.29, 1.82) is 0 Å². The summed E-state index contributed by atoms with van der Waals surface area (Å²) < 4.78 is 13.3. The van der Waals surface area contributed by atoms with Crippen LogP contribution in [0.4, 0.5) is 0 Å². The molecule has 0 spiro atoms. The lowest BCUT2D eigenvalue weighted by molar-refractivity contribution is -0.122. The fourth-order valence-electron chi connectivity index (χ4n) is 3.30. The number of nitrogens with zero attached hydrogens (tertiary/aromatic N) is 2. The van der Waals surface area contributed by atoms with E-state index < -0.39 is 0 Å². The van der Waals surface area contributed by atoms with Gasteiger partial charge in [0.15, 0.2) is 0 Å². The van der Waals surface area contributed by atoms with E-state index in [1.54, 1.807) is 7.11 Å². The lowest BCUT2D eigenvalue weighted by Crippen LogP contribution is -2.27. The molecule has 3 aromatic rings. The molecule has 1 heterocycles. The summed E-state index contributed by atoms with van der Waals surface area (Å²) in [5.74, 6) is 2.92. The number of hydrogen-bond acceptors (Lipinski definition) is 4. The molecule has 0 atom stereocenters. The molecule has 1 aromatic heterocycles. The first-order valence-electron chi connectivity index (χ1n) is 9.73. The number of carbonyl (C=O) groups is 1. The molecule has 28 heavy (non-hydrogen) atoms. The topological polar surface area (TPSA) is 65.4 Å². The summed E-state index contributed by atoms with van der Waals surface area (Å²) in [4.78, 5) is 16.6. The van der Waals surface area contributed by atoms with Gasteiger partial charge in [-0.3, -0.25) is 4.79 Å². The molecule has 1 saturated carbocycles. The molecular formula is C22H25N3O3. The van der Waals surface area contributed by atoms with Crippen LogP contribution in [-0.4, -0.2) is 35.7 Å². The van der Waals surface area contributed by atoms with Gasteiger partial charge in [0.25, 0.3) is 0 Å². The number of nitrogens with one attached hydrogen (secondary N) is 1. The third kappa shape index (κ3) is 4.27. The van der Waals surface area contributed by atoms with Crippen LogP contribution in [0.2, 0.25) is 0 Å². The second-order valence-electron chi connectivity index (χ2n) is 7.01. The fraction of sp³-hybridized carbons (Fsp3) is 0.364. The molecule has 1 N–H and O–H groups in total. The summed E-state index contributed by atoms with van der Waals surface area (Å²) in [5, 5.41) is 3.02. The molecule has 6 heteroatoms. The Morgan fingerprint density at radius 2 is 2.00 bits per heavy atom. The maximum Gasteiger partial charge on any atom is 0.223 e. The first-order chi connectivity index (χ1) is 13.7. The summed E-state index contributed by atoms with van der Waals surface area (Å²) in [7, 11) is 1.64. The number of amides is 1. The molecule has 1 aliphatic carbocycles. The molecule has 0 radical (unpaired) electrons. The average Bonchev–Trinajstić information content (AvgIpc) is 3.52. The van der Waals surface area contributed by atoms with Crippen LogP contribution in [0.3, 0.4) is 0 Å². The third-order valence-electron chi connectivity index (χ3n) is 4.95. The van der Waals surface area contributed by atoms with Crippen molar-refractivity contribution >= 4 is 16.9 Å². The number of aromatic nitrogens is 2. The largest absolute Gasteiger partial charge is 0.497 e. The van der Waals surface area contributed by atoms with Crippen LogP contribution in [0.1, 0.15) is 18.7 Å². The van der Waals surface area contributed by atoms with Gasteiger partial charge in [0.05, 0.1) is 24.7 Å². The van der Waals surface area contributed by atoms with E-state index in [1.165, 1.54) is 0 Å². The van der Waals surface area contributed by atoms with Crippen molar-refractivity contribution in [3.8, 4) is 11.5 Å². The zero-order chi connectivity index (χ0) is 19.3. The Bertz CT molecular complexity index is 963. The van der Waals surface area contributed by atoms with Crippen molar-refractivity contribution in [2.24, 2.45) is 5.92 Å². The average molecular weight is 379 g/mol. The van der Waals surface area contributed by atoms with E-state index in [2.05, 4.69) is 16.0 Å². The van der Waals surface area contributed by atoms with Gasteiger partial charge in [-0.1, -0.05) is 18.2 Å². The maximum absolute atomic E-state index is 11.9. The Balaban J connectivity index is 1.42. The van der Waals surface area contributed by atoms with Crippen molar-refractivity contribution in [3.63, 3.8) is 0 Å². The number of benzene rings is 2. The highest BCUT2D eigenvalue weighted by Gasteiger charge is 2.29. The van der Waals surface area contributed by atoms with Crippen molar-refractivity contribution in [1.82, 2.24) is 14.9 Å². The number of carbonyl (C=O) groups excluding carboxylic acids is 1. The number of ether oxygens (including phenoxy) is 2. The number of fused-ring (bicyclic) bond motifs is 1. The summed E-state index contributed by atoms with van der Waals surface area (Å²) >= 11 is 0. The minimum absolute atomic E-state index is 0.170. The number of hydrogen-bond donors (Lipinski definition) is 1. The molecular weight excluding hydrogens is 354 g/mol. The lowest BCUT2D eigenvalue weighted by Gasteiger charge is -2.12. The van der Waals surface area contributed by atoms with E-state index in [-0.39, 0.29) is 11.8 Å². The summed E-state index contributed by atoms with van der Waals surface area (Å²) in [6.07, 6.45) is 2.74. The van der Waals surface area contributed by atoms with E-state index in [4.69, 9.17) is 14.5 Å². The van der Waals surface area contributed by atoms with Crippen LogP contribution in [-0.2, 0) is 17.8 Å². The molecule has 1 aliphatic rings. The Morgan fingerprint density at radius 1 is 1.18 bits per heavy atom. The van der Waals surface area contributed by atoms with Crippen molar-refractivity contribution in [2.75, 3.05) is 20.3 Å². The molecule has 0 saturated heterocycles. The monoisotopic (exact) mass is 379 g/mol. The Labute approximate surface area is 164 Å². The van der Waals surface area contributed by atoms with E-state index in [0.717, 1.165) is 41.2 Å². The smallest absolute Gasteiger partial charge is 0.223 e. The Hall–Kier alpha value is -3.02. The molecule has 0 aliphatic heterocycles. The molecule has 6 nitrogen and oxygen atoms in total. The van der Waals surface area contributed by atoms with E-state index in [1.807, 2.05) is 42.5 Å². The van der Waals surface area contributed by atoms with Crippen LogP contribution < -0.4 is 14.8 Å². The van der Waals surface area contributed by atoms with Crippen molar-refractivity contribution < 1.29 is 14.3 Å². The van der Waals surface area contributed by atoms with Gasteiger partial charge in [-0.15, -0.1) is 0 Å². The summed E-state index contributed by atoms with van der Waals surface area (Å²) in [6, 6.07) is 15.7. The highest BCUT2D eigenvalue weighted by Crippen LogP contribution is 2.28. The Kier molecular flexibility index (Phi) is 5.46. The van der Waals surface area contributed by atoms with E-state index in [0.29, 0.717) is 26.1 Å². The van der Waals surface area contributed by atoms with Gasteiger partial charge in [-0.25, -0.2) is 4.98 Å². The molecule has 4 rings (SSSR count). The normalized spacial score (nSPS) is 13.5. The highest BCUT2D eigenvalue weighted by atomic mass is 16.5. The van der Waals surface area contributed by atoms with Gasteiger partial charge in [0.1, 0.15) is 23.9 Å². The number of imidazole rings is 1. The van der Waals surface area contributed by atoms with Gasteiger partial charge in [-0.05, 0) is 37.1 Å². The van der Waals surface area contributed by atoms with Crippen LogP contribution in [0, 0.1) is 5.92 Å². The van der Waals surface area contributed by atoms with Gasteiger partial charge in [-0.2, -0.15) is 0 Å². The number of para-hydroxylation sites is 2. The van der Waals surface area contributed by atoms with Crippen molar-refractivity contribution in [2.45, 2.75) is 25.8 Å². The summed E-state index contributed by atoms with van der Waals surface area (Å²) in [5.41, 5.74) is 2.05. The number of methoxy groups -OCH3 is 1. The SMILES string of the molecule is COc1cccc(OCCn2c(CCNC(=O)C3CC3)nc3ccccc32)c1. The molecule has 1 fully saturated rings. The van der Waals surface area contributed by atoms with Gasteiger partial charge >= 0.3 is 0 Å². The minimum Gasteiger partial charge on any atom is -0.497 e. The predicted molar refractivity (Wildman–Crippen MR) is 108 cm³/mol. The second-order valence-corrected chi connectivity index (χ2v) is 7.01. The first kappa shape index (κ1) is 18.3. The van der Waals surface area contributed by atoms with Crippen LogP contribution >= 0.6 is 0 Å². The van der Waals surface area contributed by atoms with Crippen molar-refractivity contribution in [3.05, 3.63) is 54.4 Å².